The van der Waals surface area contributed by atoms with Gasteiger partial charge in [-0.1, -0.05) is 26.0 Å². The minimum absolute atomic E-state index is 0.338. The molecule has 3 aromatic heterocycles. The third kappa shape index (κ3) is 4.00. The zero-order valence-electron chi connectivity index (χ0n) is 18.7. The molecule has 6 heteroatoms. The molecule has 0 saturated carbocycles. The van der Waals surface area contributed by atoms with Crippen molar-refractivity contribution in [1.29, 1.82) is 0 Å². The van der Waals surface area contributed by atoms with Gasteiger partial charge in [0.25, 0.3) is 0 Å². The van der Waals surface area contributed by atoms with Gasteiger partial charge in [0.05, 0.1) is 23.5 Å². The van der Waals surface area contributed by atoms with E-state index >= 15 is 0 Å². The Morgan fingerprint density at radius 1 is 1.06 bits per heavy atom. The highest BCUT2D eigenvalue weighted by Gasteiger charge is 2.25. The van der Waals surface area contributed by atoms with Crippen LogP contribution in [0.3, 0.4) is 0 Å². The highest BCUT2D eigenvalue weighted by Crippen LogP contribution is 2.37. The number of hydrogen-bond acceptors (Lipinski definition) is 6. The smallest absolute Gasteiger partial charge is 0.144 e. The van der Waals surface area contributed by atoms with E-state index in [9.17, 15) is 0 Å². The van der Waals surface area contributed by atoms with E-state index in [1.165, 1.54) is 5.56 Å². The molecule has 4 aromatic rings. The molecule has 0 saturated heterocycles. The van der Waals surface area contributed by atoms with Crippen LogP contribution in [0.4, 0.5) is 5.82 Å². The van der Waals surface area contributed by atoms with Gasteiger partial charge in [0.2, 0.25) is 0 Å². The van der Waals surface area contributed by atoms with Crippen LogP contribution in [0.1, 0.15) is 36.7 Å². The fraction of sp³-hybridized carbons (Fsp3) is 0.308. The average molecular weight is 426 g/mol. The van der Waals surface area contributed by atoms with Crippen LogP contribution >= 0.6 is 0 Å². The summed E-state index contributed by atoms with van der Waals surface area (Å²) in [6.45, 7) is 8.11. The second-order valence-corrected chi connectivity index (χ2v) is 8.57. The predicted molar refractivity (Wildman–Crippen MR) is 127 cm³/mol. The molecule has 0 radical (unpaired) electrons. The lowest BCUT2D eigenvalue weighted by molar-refractivity contribution is 0.347. The molecule has 4 heterocycles. The maximum absolute atomic E-state index is 5.91. The summed E-state index contributed by atoms with van der Waals surface area (Å²) in [5.41, 5.74) is 6.34. The molecule has 6 nitrogen and oxygen atoms in total. The lowest BCUT2D eigenvalue weighted by Gasteiger charge is -2.23. The van der Waals surface area contributed by atoms with Crippen LogP contribution in [0, 0.1) is 12.8 Å². The Kier molecular flexibility index (Phi) is 5.43. The quantitative estimate of drug-likeness (QED) is 0.459. The molecule has 0 amide bonds. The highest BCUT2D eigenvalue weighted by atomic mass is 16.5. The number of nitrogens with zero attached hydrogens (tertiary/aromatic N) is 4. The standard InChI is InChI=1S/C26H27N5O/c1-16(18(3)21-11-17(2)31-23-8-10-32-26(21)23)14-28-25-13-24(29-15-30-25)20-6-7-22-19(12-20)5-4-9-27-22/h4-7,9,11-13,15-16,18H,8,10,14H2,1-3H3,(H,28,29,30)/t16?,18-/m1/s1. The first-order valence-corrected chi connectivity index (χ1v) is 11.1. The Hall–Kier alpha value is -3.54. The normalized spacial score (nSPS) is 14.6. The van der Waals surface area contributed by atoms with Gasteiger partial charge >= 0.3 is 0 Å². The molecule has 2 atom stereocenters. The summed E-state index contributed by atoms with van der Waals surface area (Å²) in [4.78, 5) is 18.0. The Morgan fingerprint density at radius 3 is 2.88 bits per heavy atom. The molecular weight excluding hydrogens is 398 g/mol. The number of nitrogens with one attached hydrogen (secondary N) is 1. The Bertz CT molecular complexity index is 1270. The van der Waals surface area contributed by atoms with Crippen molar-refractivity contribution < 1.29 is 4.74 Å². The average Bonchev–Trinajstić information content (AvgIpc) is 3.30. The van der Waals surface area contributed by atoms with Crippen molar-refractivity contribution in [3.63, 3.8) is 0 Å². The lowest BCUT2D eigenvalue weighted by atomic mass is 9.88. The highest BCUT2D eigenvalue weighted by molar-refractivity contribution is 5.83. The van der Waals surface area contributed by atoms with E-state index in [4.69, 9.17) is 4.74 Å². The van der Waals surface area contributed by atoms with Crippen LogP contribution in [0.2, 0.25) is 0 Å². The Morgan fingerprint density at radius 2 is 1.97 bits per heavy atom. The van der Waals surface area contributed by atoms with Crippen molar-refractivity contribution in [3.8, 4) is 17.0 Å². The van der Waals surface area contributed by atoms with Gasteiger partial charge in [0.15, 0.2) is 0 Å². The van der Waals surface area contributed by atoms with E-state index in [0.717, 1.165) is 64.7 Å². The zero-order valence-corrected chi connectivity index (χ0v) is 18.7. The van der Waals surface area contributed by atoms with Crippen molar-refractivity contribution in [2.75, 3.05) is 18.5 Å². The fourth-order valence-electron chi connectivity index (χ4n) is 4.27. The van der Waals surface area contributed by atoms with Crippen LogP contribution in [0.15, 0.2) is 55.0 Å². The molecule has 0 spiro atoms. The van der Waals surface area contributed by atoms with E-state index < -0.39 is 0 Å². The fourth-order valence-corrected chi connectivity index (χ4v) is 4.27. The van der Waals surface area contributed by atoms with Crippen LogP contribution < -0.4 is 10.1 Å². The molecule has 0 bridgehead atoms. The number of anilines is 1. The van der Waals surface area contributed by atoms with Crippen LogP contribution in [0.25, 0.3) is 22.2 Å². The number of pyridine rings is 2. The Labute approximate surface area is 188 Å². The first-order valence-electron chi connectivity index (χ1n) is 11.1. The number of ether oxygens (including phenoxy) is 1. The number of fused-ring (bicyclic) bond motifs is 2. The molecule has 162 valence electrons. The molecule has 1 aliphatic rings. The van der Waals surface area contributed by atoms with Gasteiger partial charge in [-0.2, -0.15) is 0 Å². The van der Waals surface area contributed by atoms with E-state index in [-0.39, 0.29) is 0 Å². The van der Waals surface area contributed by atoms with Crippen LogP contribution in [-0.4, -0.2) is 33.1 Å². The van der Waals surface area contributed by atoms with E-state index in [2.05, 4.69) is 70.3 Å². The summed E-state index contributed by atoms with van der Waals surface area (Å²) in [6, 6.07) is 14.4. The predicted octanol–water partition coefficient (Wildman–Crippen LogP) is 5.18. The molecule has 32 heavy (non-hydrogen) atoms. The zero-order chi connectivity index (χ0) is 22.1. The second-order valence-electron chi connectivity index (χ2n) is 8.57. The number of hydrogen-bond donors (Lipinski definition) is 1. The third-order valence-corrected chi connectivity index (χ3v) is 6.30. The Balaban J connectivity index is 1.31. The van der Waals surface area contributed by atoms with E-state index in [1.807, 2.05) is 24.4 Å². The number of aromatic nitrogens is 4. The largest absolute Gasteiger partial charge is 0.491 e. The first-order chi connectivity index (χ1) is 15.6. The number of rotatable bonds is 6. The van der Waals surface area contributed by atoms with Gasteiger partial charge in [-0.15, -0.1) is 0 Å². The maximum Gasteiger partial charge on any atom is 0.144 e. The summed E-state index contributed by atoms with van der Waals surface area (Å²) < 4.78 is 5.91. The van der Waals surface area contributed by atoms with Gasteiger partial charge < -0.3 is 10.1 Å². The van der Waals surface area contributed by atoms with E-state index in [0.29, 0.717) is 11.8 Å². The topological polar surface area (TPSA) is 72.8 Å². The molecule has 5 rings (SSSR count). The van der Waals surface area contributed by atoms with Gasteiger partial charge in [-0.05, 0) is 43.0 Å². The molecule has 1 aliphatic heterocycles. The lowest BCUT2D eigenvalue weighted by Crippen LogP contribution is -2.18. The second kappa shape index (κ2) is 8.54. The molecular formula is C26H27N5O. The monoisotopic (exact) mass is 425 g/mol. The molecule has 0 aliphatic carbocycles. The third-order valence-electron chi connectivity index (χ3n) is 6.30. The first kappa shape index (κ1) is 20.4. The van der Waals surface area contributed by atoms with E-state index in [1.54, 1.807) is 6.33 Å². The van der Waals surface area contributed by atoms with Crippen molar-refractivity contribution in [2.24, 2.45) is 5.92 Å². The SMILES string of the molecule is Cc1cc([C@H](C)C(C)CNc2cc(-c3ccc4ncccc4c3)ncn2)c2c(n1)CCO2. The van der Waals surface area contributed by atoms with Crippen LogP contribution in [-0.2, 0) is 6.42 Å². The summed E-state index contributed by atoms with van der Waals surface area (Å²) in [5, 5.41) is 4.60. The van der Waals surface area contributed by atoms with Gasteiger partial charge in [0, 0.05) is 47.4 Å². The van der Waals surface area contributed by atoms with Crippen molar-refractivity contribution in [3.05, 3.63) is 71.9 Å². The number of benzene rings is 1. The summed E-state index contributed by atoms with van der Waals surface area (Å²) in [5.74, 6) is 2.54. The van der Waals surface area contributed by atoms with Gasteiger partial charge in [-0.3, -0.25) is 9.97 Å². The summed E-state index contributed by atoms with van der Waals surface area (Å²) >= 11 is 0. The summed E-state index contributed by atoms with van der Waals surface area (Å²) in [7, 11) is 0. The summed E-state index contributed by atoms with van der Waals surface area (Å²) in [6.07, 6.45) is 4.33. The maximum atomic E-state index is 5.91. The van der Waals surface area contributed by atoms with Gasteiger partial charge in [0.1, 0.15) is 17.9 Å². The molecule has 0 fully saturated rings. The van der Waals surface area contributed by atoms with Crippen LogP contribution in [0.5, 0.6) is 5.75 Å². The number of aryl methyl sites for hydroxylation is 1. The molecule has 1 aromatic carbocycles. The van der Waals surface area contributed by atoms with Crippen molar-refractivity contribution >= 4 is 16.7 Å². The van der Waals surface area contributed by atoms with Crippen molar-refractivity contribution in [1.82, 2.24) is 19.9 Å². The van der Waals surface area contributed by atoms with Crippen molar-refractivity contribution in [2.45, 2.75) is 33.1 Å². The minimum Gasteiger partial charge on any atom is -0.491 e. The van der Waals surface area contributed by atoms with Gasteiger partial charge in [-0.25, -0.2) is 9.97 Å². The molecule has 1 N–H and O–H groups in total. The minimum atomic E-state index is 0.338. The molecule has 1 unspecified atom stereocenters.